The fraction of sp³-hybridized carbons (Fsp3) is 0.385. The van der Waals surface area contributed by atoms with E-state index in [1.807, 2.05) is 12.1 Å². The van der Waals surface area contributed by atoms with Gasteiger partial charge in [-0.1, -0.05) is 32.9 Å². The van der Waals surface area contributed by atoms with E-state index in [4.69, 9.17) is 0 Å². The van der Waals surface area contributed by atoms with E-state index in [0.29, 0.717) is 0 Å². The predicted octanol–water partition coefficient (Wildman–Crippen LogP) is 3.85. The van der Waals surface area contributed by atoms with E-state index in [9.17, 15) is 4.39 Å². The van der Waals surface area contributed by atoms with E-state index in [2.05, 4.69) is 26.8 Å². The van der Waals surface area contributed by atoms with Crippen LogP contribution >= 0.6 is 0 Å². The summed E-state index contributed by atoms with van der Waals surface area (Å²) in [6, 6.07) is 6.12. The van der Waals surface area contributed by atoms with Gasteiger partial charge in [0.2, 0.25) is 0 Å². The number of hydrogen-bond donors (Lipinski definition) is 0. The first kappa shape index (κ1) is 9.45. The minimum Gasteiger partial charge on any atom is -0.207 e. The van der Waals surface area contributed by atoms with Crippen molar-refractivity contribution in [3.05, 3.63) is 41.0 Å². The van der Waals surface area contributed by atoms with Crippen LogP contribution in [0.15, 0.2) is 24.3 Å². The Morgan fingerprint density at radius 1 is 1.21 bits per heavy atom. The second-order valence-electron chi connectivity index (χ2n) is 4.88. The minimum absolute atomic E-state index is 0.0638. The van der Waals surface area contributed by atoms with E-state index >= 15 is 0 Å². The van der Waals surface area contributed by atoms with Crippen LogP contribution in [0.4, 0.5) is 4.39 Å². The van der Waals surface area contributed by atoms with Crippen molar-refractivity contribution in [1.82, 2.24) is 0 Å². The van der Waals surface area contributed by atoms with Gasteiger partial charge in [-0.05, 0) is 35.1 Å². The summed E-state index contributed by atoms with van der Waals surface area (Å²) in [5, 5.41) is 0. The molecular formula is C13H15F. The second kappa shape index (κ2) is 2.94. The van der Waals surface area contributed by atoms with Gasteiger partial charge in [0.15, 0.2) is 0 Å². The normalized spacial score (nSPS) is 15.3. The standard InChI is InChI=1S/C13H15F/c1-13(2,3)10-6-4-9-5-7-12(14)11(9)8-10/h4,6-8H,5H2,1-3H3. The Hall–Kier alpha value is -1.11. The Morgan fingerprint density at radius 2 is 1.93 bits per heavy atom. The maximum atomic E-state index is 13.3. The summed E-state index contributed by atoms with van der Waals surface area (Å²) in [6.07, 6.45) is 2.39. The fourth-order valence-electron chi connectivity index (χ4n) is 1.75. The van der Waals surface area contributed by atoms with Crippen LogP contribution in [0.1, 0.15) is 37.5 Å². The van der Waals surface area contributed by atoms with Gasteiger partial charge in [-0.25, -0.2) is 4.39 Å². The Bertz CT molecular complexity index is 394. The van der Waals surface area contributed by atoms with Crippen molar-refractivity contribution in [2.24, 2.45) is 0 Å². The molecule has 1 aromatic rings. The van der Waals surface area contributed by atoms with Crippen LogP contribution in [0.5, 0.6) is 0 Å². The highest BCUT2D eigenvalue weighted by atomic mass is 19.1. The summed E-state index contributed by atoms with van der Waals surface area (Å²) in [6.45, 7) is 6.43. The Balaban J connectivity index is 2.50. The van der Waals surface area contributed by atoms with E-state index in [1.165, 1.54) is 5.56 Å². The molecule has 0 radical (unpaired) electrons. The Labute approximate surface area is 84.5 Å². The van der Waals surface area contributed by atoms with Crippen molar-refractivity contribution < 1.29 is 4.39 Å². The zero-order valence-electron chi connectivity index (χ0n) is 8.89. The minimum atomic E-state index is -0.0638. The summed E-state index contributed by atoms with van der Waals surface area (Å²) in [4.78, 5) is 0. The molecule has 0 saturated heterocycles. The van der Waals surface area contributed by atoms with Crippen molar-refractivity contribution in [2.45, 2.75) is 32.6 Å². The van der Waals surface area contributed by atoms with Crippen molar-refractivity contribution >= 4 is 5.83 Å². The summed E-state index contributed by atoms with van der Waals surface area (Å²) in [5.41, 5.74) is 3.19. The highest BCUT2D eigenvalue weighted by molar-refractivity contribution is 5.68. The first-order chi connectivity index (χ1) is 6.48. The molecule has 1 aromatic carbocycles. The number of benzene rings is 1. The van der Waals surface area contributed by atoms with Gasteiger partial charge in [-0.15, -0.1) is 0 Å². The monoisotopic (exact) mass is 190 g/mol. The van der Waals surface area contributed by atoms with Crippen LogP contribution in [0.3, 0.4) is 0 Å². The molecule has 0 atom stereocenters. The molecule has 14 heavy (non-hydrogen) atoms. The van der Waals surface area contributed by atoms with Crippen molar-refractivity contribution in [3.63, 3.8) is 0 Å². The third kappa shape index (κ3) is 1.47. The highest BCUT2D eigenvalue weighted by Gasteiger charge is 2.19. The smallest absolute Gasteiger partial charge is 0.127 e. The lowest BCUT2D eigenvalue weighted by atomic mass is 9.85. The van der Waals surface area contributed by atoms with Gasteiger partial charge >= 0.3 is 0 Å². The average molecular weight is 190 g/mol. The molecule has 0 N–H and O–H groups in total. The quantitative estimate of drug-likeness (QED) is 0.583. The third-order valence-corrected chi connectivity index (χ3v) is 2.73. The van der Waals surface area contributed by atoms with Crippen molar-refractivity contribution in [3.8, 4) is 0 Å². The lowest BCUT2D eigenvalue weighted by Crippen LogP contribution is -2.11. The molecule has 1 aliphatic rings. The largest absolute Gasteiger partial charge is 0.207 e. The van der Waals surface area contributed by atoms with E-state index in [0.717, 1.165) is 17.5 Å². The maximum absolute atomic E-state index is 13.3. The fourth-order valence-corrected chi connectivity index (χ4v) is 1.75. The Kier molecular flexibility index (Phi) is 1.99. The highest BCUT2D eigenvalue weighted by Crippen LogP contribution is 2.32. The maximum Gasteiger partial charge on any atom is 0.127 e. The second-order valence-corrected chi connectivity index (χ2v) is 4.88. The molecule has 0 heterocycles. The zero-order chi connectivity index (χ0) is 10.3. The molecule has 0 saturated carbocycles. The van der Waals surface area contributed by atoms with Crippen LogP contribution in [0.2, 0.25) is 0 Å². The zero-order valence-corrected chi connectivity index (χ0v) is 8.89. The lowest BCUT2D eigenvalue weighted by Gasteiger charge is -2.19. The first-order valence-corrected chi connectivity index (χ1v) is 4.98. The van der Waals surface area contributed by atoms with Gasteiger partial charge < -0.3 is 0 Å². The number of halogens is 1. The molecule has 0 amide bonds. The van der Waals surface area contributed by atoms with E-state index in [1.54, 1.807) is 6.08 Å². The van der Waals surface area contributed by atoms with Crippen LogP contribution in [0, 0.1) is 0 Å². The Morgan fingerprint density at radius 3 is 2.57 bits per heavy atom. The molecular weight excluding hydrogens is 175 g/mol. The summed E-state index contributed by atoms with van der Waals surface area (Å²) in [5.74, 6) is -0.0638. The average Bonchev–Trinajstić information content (AvgIpc) is 2.46. The van der Waals surface area contributed by atoms with Crippen molar-refractivity contribution in [1.29, 1.82) is 0 Å². The molecule has 1 aliphatic carbocycles. The summed E-state index contributed by atoms with van der Waals surface area (Å²) < 4.78 is 13.3. The molecule has 0 fully saturated rings. The van der Waals surface area contributed by atoms with Gasteiger partial charge in [0.05, 0.1) is 0 Å². The SMILES string of the molecule is CC(C)(C)c1ccc2c(c1)C(F)=CC2. The van der Waals surface area contributed by atoms with Gasteiger partial charge in [0.25, 0.3) is 0 Å². The van der Waals surface area contributed by atoms with Gasteiger partial charge in [-0.3, -0.25) is 0 Å². The molecule has 0 nitrogen and oxygen atoms in total. The van der Waals surface area contributed by atoms with Gasteiger partial charge in [0, 0.05) is 5.56 Å². The third-order valence-electron chi connectivity index (χ3n) is 2.73. The van der Waals surface area contributed by atoms with E-state index in [-0.39, 0.29) is 11.2 Å². The molecule has 0 unspecified atom stereocenters. The molecule has 0 aliphatic heterocycles. The van der Waals surface area contributed by atoms with Gasteiger partial charge in [-0.2, -0.15) is 0 Å². The predicted molar refractivity (Wildman–Crippen MR) is 57.9 cm³/mol. The molecule has 74 valence electrons. The molecule has 2 rings (SSSR count). The number of fused-ring (bicyclic) bond motifs is 1. The van der Waals surface area contributed by atoms with Crippen LogP contribution < -0.4 is 0 Å². The lowest BCUT2D eigenvalue weighted by molar-refractivity contribution is 0.589. The van der Waals surface area contributed by atoms with Crippen molar-refractivity contribution in [2.75, 3.05) is 0 Å². The topological polar surface area (TPSA) is 0 Å². The van der Waals surface area contributed by atoms with Crippen LogP contribution in [-0.2, 0) is 11.8 Å². The molecule has 0 aromatic heterocycles. The molecule has 0 bridgehead atoms. The number of allylic oxidation sites excluding steroid dienone is 1. The van der Waals surface area contributed by atoms with Crippen LogP contribution in [-0.4, -0.2) is 0 Å². The van der Waals surface area contributed by atoms with Gasteiger partial charge in [0.1, 0.15) is 5.83 Å². The molecule has 0 spiro atoms. The first-order valence-electron chi connectivity index (χ1n) is 4.98. The van der Waals surface area contributed by atoms with Crippen LogP contribution in [0.25, 0.3) is 5.83 Å². The number of rotatable bonds is 0. The summed E-state index contributed by atoms with van der Waals surface area (Å²) in [7, 11) is 0. The molecule has 1 heteroatoms. The van der Waals surface area contributed by atoms with E-state index < -0.39 is 0 Å². The summed E-state index contributed by atoms with van der Waals surface area (Å²) >= 11 is 0. The number of hydrogen-bond acceptors (Lipinski definition) is 0.